The number of aliphatic hydroxyl groups is 2. The van der Waals surface area contributed by atoms with Gasteiger partial charge in [0.1, 0.15) is 12.2 Å². The SMILES string of the molecule is Cc1ccc(S(=O)(=O)NC[C@H]2O[C@@H](CO)[C@@H](O)[C@H]2N2CCN(c3cccc(C(F)(F)F)c3)CC2)cc1. The first-order valence-corrected chi connectivity index (χ1v) is 13.1. The Morgan fingerprint density at radius 2 is 1.72 bits per heavy atom. The number of sulfonamides is 1. The number of hydrogen-bond donors (Lipinski definition) is 3. The molecule has 0 aliphatic carbocycles. The molecule has 4 rings (SSSR count). The number of anilines is 1. The largest absolute Gasteiger partial charge is 0.416 e. The van der Waals surface area contributed by atoms with Crippen LogP contribution in [0.3, 0.4) is 0 Å². The molecule has 0 spiro atoms. The Morgan fingerprint density at radius 3 is 2.33 bits per heavy atom. The Labute approximate surface area is 208 Å². The molecule has 4 atom stereocenters. The smallest absolute Gasteiger partial charge is 0.394 e. The highest BCUT2D eigenvalue weighted by atomic mass is 32.2. The van der Waals surface area contributed by atoms with Crippen molar-refractivity contribution in [2.24, 2.45) is 0 Å². The minimum Gasteiger partial charge on any atom is -0.394 e. The standard InChI is InChI=1S/C24H30F3N3O5S/c1-16-5-7-19(8-6-16)36(33,34)28-14-20-22(23(32)21(15-31)35-20)30-11-9-29(10-12-30)18-4-2-3-17(13-18)24(25,26)27/h2-8,13,20-23,28,31-32H,9-12,14-15H2,1H3/t20-,21+,22+,23-/m1/s1. The summed E-state index contributed by atoms with van der Waals surface area (Å²) in [5.74, 6) is 0. The third kappa shape index (κ3) is 5.84. The molecule has 2 fully saturated rings. The summed E-state index contributed by atoms with van der Waals surface area (Å²) in [7, 11) is -3.81. The summed E-state index contributed by atoms with van der Waals surface area (Å²) in [6, 6.07) is 11.0. The summed E-state index contributed by atoms with van der Waals surface area (Å²) in [5.41, 5.74) is 0.670. The molecule has 0 aromatic heterocycles. The van der Waals surface area contributed by atoms with E-state index in [0.29, 0.717) is 31.9 Å². The molecule has 8 nitrogen and oxygen atoms in total. The van der Waals surface area contributed by atoms with Crippen LogP contribution in [0, 0.1) is 6.92 Å². The fourth-order valence-electron chi connectivity index (χ4n) is 4.75. The maximum atomic E-state index is 13.1. The van der Waals surface area contributed by atoms with Crippen molar-refractivity contribution in [2.45, 2.75) is 42.3 Å². The van der Waals surface area contributed by atoms with Gasteiger partial charge in [0.25, 0.3) is 0 Å². The van der Waals surface area contributed by atoms with Crippen molar-refractivity contribution in [3.8, 4) is 0 Å². The van der Waals surface area contributed by atoms with E-state index >= 15 is 0 Å². The molecule has 12 heteroatoms. The number of hydrogen-bond acceptors (Lipinski definition) is 7. The van der Waals surface area contributed by atoms with Crippen LogP contribution in [0.15, 0.2) is 53.4 Å². The Morgan fingerprint density at radius 1 is 1.06 bits per heavy atom. The fourth-order valence-corrected chi connectivity index (χ4v) is 5.79. The van der Waals surface area contributed by atoms with E-state index in [0.717, 1.165) is 17.7 Å². The second-order valence-electron chi connectivity index (χ2n) is 9.11. The molecule has 0 bridgehead atoms. The molecule has 0 saturated carbocycles. The van der Waals surface area contributed by atoms with Crippen molar-refractivity contribution in [2.75, 3.05) is 44.2 Å². The number of aryl methyl sites for hydroxylation is 1. The van der Waals surface area contributed by atoms with E-state index in [2.05, 4.69) is 4.72 Å². The third-order valence-electron chi connectivity index (χ3n) is 6.72. The molecular formula is C24H30F3N3O5S. The lowest BCUT2D eigenvalue weighted by atomic mass is 10.0. The van der Waals surface area contributed by atoms with Crippen LogP contribution < -0.4 is 9.62 Å². The number of nitrogens with zero attached hydrogens (tertiary/aromatic N) is 2. The summed E-state index contributed by atoms with van der Waals surface area (Å²) in [6.07, 6.45) is -7.08. The number of piperazine rings is 1. The maximum absolute atomic E-state index is 13.1. The number of ether oxygens (including phenoxy) is 1. The topological polar surface area (TPSA) is 102 Å². The van der Waals surface area contributed by atoms with Gasteiger partial charge in [0.05, 0.1) is 29.2 Å². The van der Waals surface area contributed by atoms with Crippen molar-refractivity contribution in [1.82, 2.24) is 9.62 Å². The van der Waals surface area contributed by atoms with Crippen molar-refractivity contribution >= 4 is 15.7 Å². The van der Waals surface area contributed by atoms with Crippen molar-refractivity contribution < 1.29 is 36.5 Å². The zero-order valence-electron chi connectivity index (χ0n) is 19.7. The first-order chi connectivity index (χ1) is 17.0. The second kappa shape index (κ2) is 10.6. The molecular weight excluding hydrogens is 499 g/mol. The van der Waals surface area contributed by atoms with E-state index in [1.165, 1.54) is 18.2 Å². The highest BCUT2D eigenvalue weighted by molar-refractivity contribution is 7.89. The van der Waals surface area contributed by atoms with Gasteiger partial charge in [-0.15, -0.1) is 0 Å². The average Bonchev–Trinajstić information content (AvgIpc) is 3.18. The van der Waals surface area contributed by atoms with Gasteiger partial charge < -0.3 is 19.8 Å². The van der Waals surface area contributed by atoms with Gasteiger partial charge in [0.15, 0.2) is 0 Å². The van der Waals surface area contributed by atoms with Crippen LogP contribution in [-0.4, -0.2) is 87.2 Å². The summed E-state index contributed by atoms with van der Waals surface area (Å²) in [6.45, 7) is 2.98. The zero-order valence-corrected chi connectivity index (χ0v) is 20.5. The lowest BCUT2D eigenvalue weighted by molar-refractivity contribution is -0.137. The summed E-state index contributed by atoms with van der Waals surface area (Å²) in [5, 5.41) is 20.5. The summed E-state index contributed by atoms with van der Waals surface area (Å²) < 4.78 is 73.1. The first-order valence-electron chi connectivity index (χ1n) is 11.7. The minimum atomic E-state index is -4.43. The molecule has 3 N–H and O–H groups in total. The number of halogens is 3. The second-order valence-corrected chi connectivity index (χ2v) is 10.9. The molecule has 2 aliphatic rings. The normalized spacial score (nSPS) is 25.9. The van der Waals surface area contributed by atoms with Crippen molar-refractivity contribution in [1.29, 1.82) is 0 Å². The van der Waals surface area contributed by atoms with Crippen LogP contribution in [0.4, 0.5) is 18.9 Å². The Hall–Kier alpha value is -2.22. The third-order valence-corrected chi connectivity index (χ3v) is 8.16. The highest BCUT2D eigenvalue weighted by Gasteiger charge is 2.47. The summed E-state index contributed by atoms with van der Waals surface area (Å²) >= 11 is 0. The molecule has 36 heavy (non-hydrogen) atoms. The molecule has 2 aromatic carbocycles. The summed E-state index contributed by atoms with van der Waals surface area (Å²) in [4.78, 5) is 3.89. The van der Waals surface area contributed by atoms with Crippen LogP contribution in [0.25, 0.3) is 0 Å². The Bertz CT molecular complexity index is 1140. The highest BCUT2D eigenvalue weighted by Crippen LogP contribution is 2.33. The number of alkyl halides is 3. The van der Waals surface area contributed by atoms with Crippen molar-refractivity contribution in [3.63, 3.8) is 0 Å². The first kappa shape index (κ1) is 26.8. The van der Waals surface area contributed by atoms with Crippen molar-refractivity contribution in [3.05, 3.63) is 59.7 Å². The minimum absolute atomic E-state index is 0.108. The van der Waals surface area contributed by atoms with Gasteiger partial charge in [-0.2, -0.15) is 13.2 Å². The predicted molar refractivity (Wildman–Crippen MR) is 127 cm³/mol. The van der Waals surface area contributed by atoms with Crippen LogP contribution >= 0.6 is 0 Å². The zero-order chi connectivity index (χ0) is 26.1. The Balaban J connectivity index is 1.43. The van der Waals surface area contributed by atoms with E-state index < -0.39 is 52.7 Å². The van der Waals surface area contributed by atoms with Gasteiger partial charge in [-0.05, 0) is 37.3 Å². The van der Waals surface area contributed by atoms with E-state index in [-0.39, 0.29) is 11.4 Å². The number of nitrogens with one attached hydrogen (secondary N) is 1. The van der Waals surface area contributed by atoms with Gasteiger partial charge in [0, 0.05) is 38.4 Å². The van der Waals surface area contributed by atoms with Gasteiger partial charge in [-0.1, -0.05) is 23.8 Å². The lowest BCUT2D eigenvalue weighted by Gasteiger charge is -2.41. The van der Waals surface area contributed by atoms with Crippen LogP contribution in [0.1, 0.15) is 11.1 Å². The van der Waals surface area contributed by atoms with Gasteiger partial charge >= 0.3 is 6.18 Å². The number of rotatable bonds is 7. The quantitative estimate of drug-likeness (QED) is 0.501. The molecule has 0 amide bonds. The van der Waals surface area contributed by atoms with Crippen LogP contribution in [0.5, 0.6) is 0 Å². The molecule has 0 unspecified atom stereocenters. The molecule has 2 saturated heterocycles. The van der Waals surface area contributed by atoms with E-state index in [1.807, 2.05) is 16.7 Å². The predicted octanol–water partition coefficient (Wildman–Crippen LogP) is 1.60. The fraction of sp³-hybridized carbons (Fsp3) is 0.500. The molecule has 0 radical (unpaired) electrons. The number of aliphatic hydroxyl groups excluding tert-OH is 2. The lowest BCUT2D eigenvalue weighted by Crippen LogP contribution is -2.57. The van der Waals surface area contributed by atoms with Gasteiger partial charge in [-0.3, -0.25) is 4.90 Å². The van der Waals surface area contributed by atoms with E-state index in [9.17, 15) is 31.8 Å². The Kier molecular flexibility index (Phi) is 7.93. The van der Waals surface area contributed by atoms with Crippen LogP contribution in [-0.2, 0) is 20.9 Å². The van der Waals surface area contributed by atoms with E-state index in [1.54, 1.807) is 18.2 Å². The van der Waals surface area contributed by atoms with Gasteiger partial charge in [0.2, 0.25) is 10.0 Å². The average molecular weight is 530 g/mol. The molecule has 2 heterocycles. The maximum Gasteiger partial charge on any atom is 0.416 e. The monoisotopic (exact) mass is 529 g/mol. The molecule has 2 aliphatic heterocycles. The number of benzene rings is 2. The van der Waals surface area contributed by atoms with Crippen LogP contribution in [0.2, 0.25) is 0 Å². The van der Waals surface area contributed by atoms with Gasteiger partial charge in [-0.25, -0.2) is 13.1 Å². The van der Waals surface area contributed by atoms with E-state index in [4.69, 9.17) is 4.74 Å². The molecule has 2 aromatic rings. The molecule has 198 valence electrons.